The highest BCUT2D eigenvalue weighted by Crippen LogP contribution is 2.22. The number of primary amides is 1. The molecular weight excluding hydrogens is 306 g/mol. The van der Waals surface area contributed by atoms with Crippen molar-refractivity contribution in [1.29, 1.82) is 0 Å². The standard InChI is InChI=1S/C15H9NO5S/c16-13(17)10-6-8-3-4-9(7-11(8)21-14(10)18)20-15(19)12-2-1-5-22-12/h1-7H,(H2,16,17). The molecule has 0 bridgehead atoms. The second-order valence-electron chi connectivity index (χ2n) is 4.38. The first kappa shape index (κ1) is 14.0. The summed E-state index contributed by atoms with van der Waals surface area (Å²) < 4.78 is 10.2. The van der Waals surface area contributed by atoms with Crippen LogP contribution in [-0.2, 0) is 0 Å². The average Bonchev–Trinajstić information content (AvgIpc) is 3.00. The molecule has 0 spiro atoms. The number of fused-ring (bicyclic) bond motifs is 1. The van der Waals surface area contributed by atoms with Crippen LogP contribution in [0.4, 0.5) is 0 Å². The van der Waals surface area contributed by atoms with Gasteiger partial charge >= 0.3 is 11.6 Å². The van der Waals surface area contributed by atoms with Crippen LogP contribution in [0.15, 0.2) is 51.0 Å². The topological polar surface area (TPSA) is 99.6 Å². The van der Waals surface area contributed by atoms with Gasteiger partial charge in [-0.2, -0.15) is 0 Å². The SMILES string of the molecule is NC(=O)c1cc2ccc(OC(=O)c3cccs3)cc2oc1=O. The molecule has 1 amide bonds. The van der Waals surface area contributed by atoms with Crippen LogP contribution in [0.25, 0.3) is 11.0 Å². The highest BCUT2D eigenvalue weighted by molar-refractivity contribution is 7.12. The molecule has 0 saturated heterocycles. The molecule has 2 N–H and O–H groups in total. The molecular formula is C15H9NO5S. The fraction of sp³-hybridized carbons (Fsp3) is 0. The summed E-state index contributed by atoms with van der Waals surface area (Å²) in [5, 5.41) is 2.27. The maximum Gasteiger partial charge on any atom is 0.353 e. The smallest absolute Gasteiger partial charge is 0.353 e. The van der Waals surface area contributed by atoms with E-state index in [1.165, 1.54) is 23.5 Å². The van der Waals surface area contributed by atoms with Gasteiger partial charge in [0.25, 0.3) is 5.91 Å². The summed E-state index contributed by atoms with van der Waals surface area (Å²) in [5.74, 6) is -1.12. The van der Waals surface area contributed by atoms with Gasteiger partial charge in [-0.15, -0.1) is 11.3 Å². The Kier molecular flexibility index (Phi) is 3.48. The van der Waals surface area contributed by atoms with Crippen molar-refractivity contribution in [3.8, 4) is 5.75 Å². The first-order chi connectivity index (χ1) is 10.5. The summed E-state index contributed by atoms with van der Waals surface area (Å²) in [4.78, 5) is 35.0. The van der Waals surface area contributed by atoms with E-state index in [4.69, 9.17) is 14.9 Å². The summed E-state index contributed by atoms with van der Waals surface area (Å²) >= 11 is 1.26. The Morgan fingerprint density at radius 1 is 1.18 bits per heavy atom. The first-order valence-corrected chi connectivity index (χ1v) is 7.06. The Morgan fingerprint density at radius 2 is 2.00 bits per heavy atom. The van der Waals surface area contributed by atoms with E-state index in [2.05, 4.69) is 0 Å². The lowest BCUT2D eigenvalue weighted by atomic mass is 10.2. The van der Waals surface area contributed by atoms with E-state index in [9.17, 15) is 14.4 Å². The molecule has 0 radical (unpaired) electrons. The maximum atomic E-state index is 11.9. The number of nitrogens with two attached hydrogens (primary N) is 1. The Labute approximate surface area is 127 Å². The zero-order valence-corrected chi connectivity index (χ0v) is 11.9. The van der Waals surface area contributed by atoms with Crippen LogP contribution in [0.2, 0.25) is 0 Å². The van der Waals surface area contributed by atoms with E-state index >= 15 is 0 Å². The molecule has 0 aliphatic rings. The predicted molar refractivity (Wildman–Crippen MR) is 80.3 cm³/mol. The van der Waals surface area contributed by atoms with Gasteiger partial charge in [0.2, 0.25) is 0 Å². The molecule has 6 nitrogen and oxygen atoms in total. The van der Waals surface area contributed by atoms with Crippen LogP contribution >= 0.6 is 11.3 Å². The highest BCUT2D eigenvalue weighted by Gasteiger charge is 2.13. The maximum absolute atomic E-state index is 11.9. The van der Waals surface area contributed by atoms with E-state index in [0.29, 0.717) is 10.3 Å². The quantitative estimate of drug-likeness (QED) is 0.453. The van der Waals surface area contributed by atoms with Crippen molar-refractivity contribution in [3.05, 3.63) is 62.6 Å². The molecule has 22 heavy (non-hydrogen) atoms. The van der Waals surface area contributed by atoms with Gasteiger partial charge in [0.1, 0.15) is 21.8 Å². The van der Waals surface area contributed by atoms with Gasteiger partial charge in [-0.05, 0) is 29.6 Å². The Morgan fingerprint density at radius 3 is 2.68 bits per heavy atom. The van der Waals surface area contributed by atoms with Crippen LogP contribution in [0.3, 0.4) is 0 Å². The van der Waals surface area contributed by atoms with Crippen molar-refractivity contribution in [1.82, 2.24) is 0 Å². The van der Waals surface area contributed by atoms with Gasteiger partial charge in [0.15, 0.2) is 0 Å². The largest absolute Gasteiger partial charge is 0.422 e. The van der Waals surface area contributed by atoms with Crippen LogP contribution < -0.4 is 16.1 Å². The van der Waals surface area contributed by atoms with Crippen molar-refractivity contribution in [2.24, 2.45) is 5.73 Å². The summed E-state index contributed by atoms with van der Waals surface area (Å²) in [7, 11) is 0. The zero-order valence-electron chi connectivity index (χ0n) is 11.1. The number of hydrogen-bond donors (Lipinski definition) is 1. The number of esters is 1. The van der Waals surface area contributed by atoms with Crippen molar-refractivity contribution in [2.75, 3.05) is 0 Å². The monoisotopic (exact) mass is 315 g/mol. The lowest BCUT2D eigenvalue weighted by molar-refractivity contribution is 0.0740. The number of rotatable bonds is 3. The molecule has 7 heteroatoms. The fourth-order valence-corrected chi connectivity index (χ4v) is 2.48. The number of carbonyl (C=O) groups is 2. The van der Waals surface area contributed by atoms with Gasteiger partial charge in [0.05, 0.1) is 0 Å². The minimum absolute atomic E-state index is 0.200. The number of ether oxygens (including phenoxy) is 1. The number of carbonyl (C=O) groups excluding carboxylic acids is 2. The van der Waals surface area contributed by atoms with E-state index in [1.807, 2.05) is 0 Å². The summed E-state index contributed by atoms with van der Waals surface area (Å²) in [6, 6.07) is 9.25. The lowest BCUT2D eigenvalue weighted by Crippen LogP contribution is -2.20. The lowest BCUT2D eigenvalue weighted by Gasteiger charge is -2.04. The van der Waals surface area contributed by atoms with Gasteiger partial charge in [-0.25, -0.2) is 9.59 Å². The van der Waals surface area contributed by atoms with E-state index in [0.717, 1.165) is 0 Å². The normalized spacial score (nSPS) is 10.5. The van der Waals surface area contributed by atoms with Gasteiger partial charge in [0, 0.05) is 11.5 Å². The van der Waals surface area contributed by atoms with Crippen LogP contribution in [0.5, 0.6) is 5.75 Å². The van der Waals surface area contributed by atoms with Crippen LogP contribution in [0.1, 0.15) is 20.0 Å². The van der Waals surface area contributed by atoms with Gasteiger partial charge in [-0.1, -0.05) is 6.07 Å². The molecule has 0 saturated carbocycles. The molecule has 0 aliphatic carbocycles. The molecule has 1 aromatic carbocycles. The Hall–Kier alpha value is -2.93. The number of thiophene rings is 1. The molecule has 2 aromatic heterocycles. The average molecular weight is 315 g/mol. The van der Waals surface area contributed by atoms with Crippen molar-refractivity contribution >= 4 is 34.2 Å². The summed E-state index contributed by atoms with van der Waals surface area (Å²) in [6.45, 7) is 0. The molecule has 110 valence electrons. The number of benzene rings is 1. The van der Waals surface area contributed by atoms with Gasteiger partial charge < -0.3 is 14.9 Å². The van der Waals surface area contributed by atoms with Crippen LogP contribution in [0, 0.1) is 0 Å². The molecule has 2 heterocycles. The molecule has 0 atom stereocenters. The fourth-order valence-electron chi connectivity index (χ4n) is 1.88. The third-order valence-electron chi connectivity index (χ3n) is 2.91. The molecule has 3 aromatic rings. The van der Waals surface area contributed by atoms with Crippen molar-refractivity contribution in [2.45, 2.75) is 0 Å². The summed E-state index contributed by atoms with van der Waals surface area (Å²) in [5.41, 5.74) is 4.23. The summed E-state index contributed by atoms with van der Waals surface area (Å²) in [6.07, 6.45) is 0. The molecule has 3 rings (SSSR count). The number of hydrogen-bond acceptors (Lipinski definition) is 6. The van der Waals surface area contributed by atoms with E-state index in [-0.39, 0.29) is 16.9 Å². The van der Waals surface area contributed by atoms with Crippen LogP contribution in [-0.4, -0.2) is 11.9 Å². The van der Waals surface area contributed by atoms with E-state index < -0.39 is 17.5 Å². The third kappa shape index (κ3) is 2.61. The van der Waals surface area contributed by atoms with Crippen molar-refractivity contribution < 1.29 is 18.7 Å². The van der Waals surface area contributed by atoms with E-state index in [1.54, 1.807) is 29.6 Å². The first-order valence-electron chi connectivity index (χ1n) is 6.18. The highest BCUT2D eigenvalue weighted by atomic mass is 32.1. The second kappa shape index (κ2) is 5.45. The Balaban J connectivity index is 1.96. The second-order valence-corrected chi connectivity index (χ2v) is 5.33. The predicted octanol–water partition coefficient (Wildman–Crippen LogP) is 2.17. The van der Waals surface area contributed by atoms with Crippen molar-refractivity contribution in [3.63, 3.8) is 0 Å². The number of amides is 1. The van der Waals surface area contributed by atoms with Gasteiger partial charge in [-0.3, -0.25) is 4.79 Å². The molecule has 0 fully saturated rings. The minimum atomic E-state index is -0.858. The Bertz CT molecular complexity index is 927. The minimum Gasteiger partial charge on any atom is -0.422 e. The molecule has 0 aliphatic heterocycles. The molecule has 0 unspecified atom stereocenters. The third-order valence-corrected chi connectivity index (χ3v) is 3.76. The zero-order chi connectivity index (χ0) is 15.7.